The van der Waals surface area contributed by atoms with Crippen molar-refractivity contribution in [3.63, 3.8) is 0 Å². The van der Waals surface area contributed by atoms with Crippen molar-refractivity contribution < 1.29 is 23.4 Å². The monoisotopic (exact) mass is 263 g/mol. The minimum atomic E-state index is -4.45. The number of halogens is 3. The maximum absolute atomic E-state index is 12.5. The molecule has 0 fully saturated rings. The van der Waals surface area contributed by atoms with Crippen LogP contribution in [0.2, 0.25) is 0 Å². The van der Waals surface area contributed by atoms with Gasteiger partial charge in [0.25, 0.3) is 0 Å². The maximum Gasteiger partial charge on any atom is 0.416 e. The summed E-state index contributed by atoms with van der Waals surface area (Å²) in [7, 11) is 1.68. The molecule has 0 aliphatic carbocycles. The molecule has 0 aromatic heterocycles. The molecule has 0 bridgehead atoms. The number of rotatable bonds is 5. The Kier molecular flexibility index (Phi) is 5.13. The second-order valence-corrected chi connectivity index (χ2v) is 4.03. The van der Waals surface area contributed by atoms with Gasteiger partial charge in [0, 0.05) is 0 Å². The Morgan fingerprint density at radius 2 is 1.94 bits per heavy atom. The second kappa shape index (κ2) is 6.17. The summed E-state index contributed by atoms with van der Waals surface area (Å²) in [6, 6.07) is 4.36. The van der Waals surface area contributed by atoms with E-state index in [4.69, 9.17) is 0 Å². The van der Waals surface area contributed by atoms with Crippen molar-refractivity contribution in [3.8, 4) is 0 Å². The molecule has 1 rings (SSSR count). The number of aliphatic hydroxyl groups is 2. The zero-order chi connectivity index (χ0) is 13.8. The lowest BCUT2D eigenvalue weighted by molar-refractivity contribution is -0.137. The van der Waals surface area contributed by atoms with Crippen LogP contribution in [0.1, 0.15) is 23.7 Å². The fourth-order valence-electron chi connectivity index (χ4n) is 1.57. The molecule has 2 atom stereocenters. The third-order valence-corrected chi connectivity index (χ3v) is 2.61. The molecule has 0 spiro atoms. The van der Waals surface area contributed by atoms with Gasteiger partial charge in [0.1, 0.15) is 6.10 Å². The van der Waals surface area contributed by atoms with Gasteiger partial charge in [-0.1, -0.05) is 12.1 Å². The predicted molar refractivity (Wildman–Crippen MR) is 61.0 cm³/mol. The normalized spacial score (nSPS) is 15.4. The van der Waals surface area contributed by atoms with E-state index in [1.807, 2.05) is 0 Å². The topological polar surface area (TPSA) is 52.5 Å². The van der Waals surface area contributed by atoms with Crippen molar-refractivity contribution >= 4 is 0 Å². The van der Waals surface area contributed by atoms with Crippen LogP contribution in [0, 0.1) is 0 Å². The highest BCUT2D eigenvalue weighted by Crippen LogP contribution is 2.31. The largest absolute Gasteiger partial charge is 0.416 e. The Bertz CT molecular complexity index is 382. The molecular weight excluding hydrogens is 247 g/mol. The second-order valence-electron chi connectivity index (χ2n) is 4.03. The first kappa shape index (κ1) is 14.9. The molecule has 0 amide bonds. The molecule has 0 aliphatic heterocycles. The van der Waals surface area contributed by atoms with Crippen LogP contribution in [0.4, 0.5) is 13.2 Å². The molecule has 3 nitrogen and oxygen atoms in total. The van der Waals surface area contributed by atoms with Crippen LogP contribution in [-0.2, 0) is 6.18 Å². The molecule has 0 aliphatic rings. The lowest BCUT2D eigenvalue weighted by atomic mass is 10.00. The molecule has 0 saturated heterocycles. The quantitative estimate of drug-likeness (QED) is 0.758. The van der Waals surface area contributed by atoms with Gasteiger partial charge in [-0.05, 0) is 37.7 Å². The highest BCUT2D eigenvalue weighted by atomic mass is 19.4. The molecule has 6 heteroatoms. The Balaban J connectivity index is 2.83. The molecule has 0 radical (unpaired) electrons. The summed E-state index contributed by atoms with van der Waals surface area (Å²) in [6.45, 7) is 0.469. The Hall–Kier alpha value is -1.11. The van der Waals surface area contributed by atoms with E-state index in [2.05, 4.69) is 5.32 Å². The highest BCUT2D eigenvalue weighted by Gasteiger charge is 2.31. The smallest absolute Gasteiger partial charge is 0.390 e. The van der Waals surface area contributed by atoms with E-state index >= 15 is 0 Å². The summed E-state index contributed by atoms with van der Waals surface area (Å²) < 4.78 is 37.4. The predicted octanol–water partition coefficient (Wildman–Crippen LogP) is 1.71. The Morgan fingerprint density at radius 3 is 2.50 bits per heavy atom. The fraction of sp³-hybridized carbons (Fsp3) is 0.500. The van der Waals surface area contributed by atoms with E-state index in [9.17, 15) is 23.4 Å². The van der Waals surface area contributed by atoms with Gasteiger partial charge in [0.05, 0.1) is 11.7 Å². The Labute approximate surface area is 103 Å². The zero-order valence-corrected chi connectivity index (χ0v) is 9.91. The highest BCUT2D eigenvalue weighted by molar-refractivity contribution is 5.27. The van der Waals surface area contributed by atoms with Crippen molar-refractivity contribution in [1.29, 1.82) is 0 Å². The molecule has 2 unspecified atom stereocenters. The SMILES string of the molecule is CNCCC(O)C(O)c1cccc(C(F)(F)F)c1. The number of hydrogen-bond acceptors (Lipinski definition) is 3. The molecule has 102 valence electrons. The summed E-state index contributed by atoms with van der Waals surface area (Å²) in [5.74, 6) is 0. The van der Waals surface area contributed by atoms with Gasteiger partial charge in [0.15, 0.2) is 0 Å². The van der Waals surface area contributed by atoms with Crippen LogP contribution >= 0.6 is 0 Å². The third-order valence-electron chi connectivity index (χ3n) is 2.61. The fourth-order valence-corrected chi connectivity index (χ4v) is 1.57. The number of aliphatic hydroxyl groups excluding tert-OH is 2. The van der Waals surface area contributed by atoms with Crippen LogP contribution in [0.5, 0.6) is 0 Å². The van der Waals surface area contributed by atoms with E-state index < -0.39 is 23.9 Å². The molecule has 1 aromatic carbocycles. The van der Waals surface area contributed by atoms with E-state index in [-0.39, 0.29) is 12.0 Å². The summed E-state index contributed by atoms with van der Waals surface area (Å²) in [6.07, 6.45) is -6.61. The average molecular weight is 263 g/mol. The van der Waals surface area contributed by atoms with Gasteiger partial charge in [-0.15, -0.1) is 0 Å². The summed E-state index contributed by atoms with van der Waals surface area (Å²) in [5.41, 5.74) is -0.770. The van der Waals surface area contributed by atoms with Crippen molar-refractivity contribution in [2.45, 2.75) is 24.8 Å². The van der Waals surface area contributed by atoms with Gasteiger partial charge < -0.3 is 15.5 Å². The number of benzene rings is 1. The third kappa shape index (κ3) is 3.97. The van der Waals surface area contributed by atoms with Gasteiger partial charge in [-0.25, -0.2) is 0 Å². The molecule has 18 heavy (non-hydrogen) atoms. The average Bonchev–Trinajstić information content (AvgIpc) is 2.34. The minimum absolute atomic E-state index is 0.0634. The van der Waals surface area contributed by atoms with Gasteiger partial charge in [-0.2, -0.15) is 13.2 Å². The molecule has 1 aromatic rings. The number of alkyl halides is 3. The van der Waals surface area contributed by atoms with Gasteiger partial charge in [0.2, 0.25) is 0 Å². The minimum Gasteiger partial charge on any atom is -0.390 e. The van der Waals surface area contributed by atoms with E-state index in [0.717, 1.165) is 12.1 Å². The maximum atomic E-state index is 12.5. The van der Waals surface area contributed by atoms with Crippen molar-refractivity contribution in [1.82, 2.24) is 5.32 Å². The number of nitrogens with one attached hydrogen (secondary N) is 1. The van der Waals surface area contributed by atoms with Crippen LogP contribution in [0.15, 0.2) is 24.3 Å². The molecule has 0 heterocycles. The van der Waals surface area contributed by atoms with Crippen molar-refractivity contribution in [2.24, 2.45) is 0 Å². The lowest BCUT2D eigenvalue weighted by Gasteiger charge is -2.19. The standard InChI is InChI=1S/C12H16F3NO2/c1-16-6-5-10(17)11(18)8-3-2-4-9(7-8)12(13,14)15/h2-4,7,10-11,16-18H,5-6H2,1H3. The number of hydrogen-bond donors (Lipinski definition) is 3. The van der Waals surface area contributed by atoms with Crippen LogP contribution in [-0.4, -0.2) is 29.9 Å². The Morgan fingerprint density at radius 1 is 1.28 bits per heavy atom. The lowest BCUT2D eigenvalue weighted by Crippen LogP contribution is -2.23. The van der Waals surface area contributed by atoms with Gasteiger partial charge >= 0.3 is 6.18 Å². The zero-order valence-electron chi connectivity index (χ0n) is 9.91. The van der Waals surface area contributed by atoms with Crippen molar-refractivity contribution in [3.05, 3.63) is 35.4 Å². The van der Waals surface area contributed by atoms with Crippen molar-refractivity contribution in [2.75, 3.05) is 13.6 Å². The van der Waals surface area contributed by atoms with Crippen LogP contribution in [0.3, 0.4) is 0 Å². The molecule has 3 N–H and O–H groups in total. The van der Waals surface area contributed by atoms with Gasteiger partial charge in [-0.3, -0.25) is 0 Å². The molecular formula is C12H16F3NO2. The van der Waals surface area contributed by atoms with E-state index in [0.29, 0.717) is 6.54 Å². The van der Waals surface area contributed by atoms with E-state index in [1.165, 1.54) is 12.1 Å². The first-order valence-corrected chi connectivity index (χ1v) is 5.54. The first-order valence-electron chi connectivity index (χ1n) is 5.54. The van der Waals surface area contributed by atoms with Crippen LogP contribution < -0.4 is 5.32 Å². The summed E-state index contributed by atoms with van der Waals surface area (Å²) in [4.78, 5) is 0. The summed E-state index contributed by atoms with van der Waals surface area (Å²) >= 11 is 0. The van der Waals surface area contributed by atoms with Crippen LogP contribution in [0.25, 0.3) is 0 Å². The first-order chi connectivity index (χ1) is 8.36. The molecule has 0 saturated carbocycles. The summed E-state index contributed by atoms with van der Waals surface area (Å²) in [5, 5.41) is 22.2. The van der Waals surface area contributed by atoms with E-state index in [1.54, 1.807) is 7.05 Å².